The molecule has 1 amide bonds. The third kappa shape index (κ3) is 3.22. The molecule has 0 aliphatic carbocycles. The maximum Gasteiger partial charge on any atom is 0.290 e. The summed E-state index contributed by atoms with van der Waals surface area (Å²) in [5.74, 6) is -0.530. The minimum atomic E-state index is -0.351. The van der Waals surface area contributed by atoms with Gasteiger partial charge in [-0.1, -0.05) is 60.2 Å². The molecule has 4 nitrogen and oxygen atoms in total. The lowest BCUT2D eigenvalue weighted by molar-refractivity contribution is -0.130. The number of rotatable bonds is 4. The predicted octanol–water partition coefficient (Wildman–Crippen LogP) is 4.44. The molecule has 0 radical (unpaired) electrons. The molecular formula is C23H20N2O2. The van der Waals surface area contributed by atoms with E-state index in [1.54, 1.807) is 17.3 Å². The van der Waals surface area contributed by atoms with Crippen molar-refractivity contribution in [2.75, 3.05) is 0 Å². The van der Waals surface area contributed by atoms with E-state index in [4.69, 9.17) is 0 Å². The summed E-state index contributed by atoms with van der Waals surface area (Å²) < 4.78 is 0. The molecule has 27 heavy (non-hydrogen) atoms. The van der Waals surface area contributed by atoms with Crippen LogP contribution in [0.5, 0.6) is 0 Å². The van der Waals surface area contributed by atoms with Crippen LogP contribution in [0.15, 0.2) is 84.9 Å². The fourth-order valence-corrected chi connectivity index (χ4v) is 3.51. The summed E-state index contributed by atoms with van der Waals surface area (Å²) in [6, 6.07) is 21.2. The van der Waals surface area contributed by atoms with E-state index >= 15 is 0 Å². The first-order chi connectivity index (χ1) is 13.1. The van der Waals surface area contributed by atoms with Crippen molar-refractivity contribution >= 4 is 11.5 Å². The molecule has 0 spiro atoms. The molecule has 1 aromatic heterocycles. The van der Waals surface area contributed by atoms with Crippen molar-refractivity contribution in [3.8, 4) is 0 Å². The second-order valence-corrected chi connectivity index (χ2v) is 6.73. The molecule has 4 heteroatoms. The van der Waals surface area contributed by atoms with Crippen molar-refractivity contribution in [1.29, 1.82) is 0 Å². The number of hydrogen-bond acceptors (Lipinski definition) is 3. The van der Waals surface area contributed by atoms with Gasteiger partial charge in [0.25, 0.3) is 5.91 Å². The maximum atomic E-state index is 12.9. The Morgan fingerprint density at radius 1 is 0.963 bits per heavy atom. The Morgan fingerprint density at radius 2 is 1.63 bits per heavy atom. The maximum absolute atomic E-state index is 12.9. The third-order valence-corrected chi connectivity index (χ3v) is 4.88. The second-order valence-electron chi connectivity index (χ2n) is 6.73. The van der Waals surface area contributed by atoms with Crippen molar-refractivity contribution < 1.29 is 9.90 Å². The number of aromatic nitrogens is 1. The number of carbonyl (C=O) groups is 1. The highest BCUT2D eigenvalue weighted by Gasteiger charge is 2.40. The van der Waals surface area contributed by atoms with Gasteiger partial charge in [0.2, 0.25) is 0 Å². The molecule has 134 valence electrons. The van der Waals surface area contributed by atoms with Gasteiger partial charge in [0, 0.05) is 24.5 Å². The van der Waals surface area contributed by atoms with E-state index in [0.717, 1.165) is 22.3 Å². The molecule has 0 fully saturated rings. The predicted molar refractivity (Wildman–Crippen MR) is 105 cm³/mol. The highest BCUT2D eigenvalue weighted by molar-refractivity contribution is 6.05. The Labute approximate surface area is 158 Å². The molecular weight excluding hydrogens is 336 g/mol. The molecule has 0 bridgehead atoms. The van der Waals surface area contributed by atoms with E-state index in [1.807, 2.05) is 73.7 Å². The molecule has 3 aromatic rings. The molecule has 1 aliphatic heterocycles. The molecule has 4 rings (SSSR count). The van der Waals surface area contributed by atoms with E-state index in [0.29, 0.717) is 12.1 Å². The Kier molecular flexibility index (Phi) is 4.47. The van der Waals surface area contributed by atoms with Crippen molar-refractivity contribution in [3.63, 3.8) is 0 Å². The average Bonchev–Trinajstić information content (AvgIpc) is 2.95. The van der Waals surface area contributed by atoms with E-state index in [1.165, 1.54) is 0 Å². The number of amides is 1. The van der Waals surface area contributed by atoms with Crippen LogP contribution in [-0.4, -0.2) is 20.9 Å². The van der Waals surface area contributed by atoms with Crippen LogP contribution in [0.3, 0.4) is 0 Å². The van der Waals surface area contributed by atoms with Crippen LogP contribution in [0.1, 0.15) is 28.3 Å². The summed E-state index contributed by atoms with van der Waals surface area (Å²) in [5, 5.41) is 10.7. The third-order valence-electron chi connectivity index (χ3n) is 4.88. The first kappa shape index (κ1) is 17.0. The summed E-state index contributed by atoms with van der Waals surface area (Å²) >= 11 is 0. The molecule has 0 saturated carbocycles. The fourth-order valence-electron chi connectivity index (χ4n) is 3.51. The topological polar surface area (TPSA) is 53.4 Å². The fraction of sp³-hybridized carbons (Fsp3) is 0.130. The zero-order valence-corrected chi connectivity index (χ0v) is 15.0. The largest absolute Gasteiger partial charge is 0.503 e. The first-order valence-electron chi connectivity index (χ1n) is 8.90. The Bertz CT molecular complexity index is 980. The number of aliphatic hydroxyl groups excluding tert-OH is 1. The summed E-state index contributed by atoms with van der Waals surface area (Å²) in [4.78, 5) is 18.7. The summed E-state index contributed by atoms with van der Waals surface area (Å²) in [6.45, 7) is 2.42. The van der Waals surface area contributed by atoms with Crippen molar-refractivity contribution in [2.24, 2.45) is 0 Å². The van der Waals surface area contributed by atoms with Gasteiger partial charge in [0.15, 0.2) is 5.76 Å². The summed E-state index contributed by atoms with van der Waals surface area (Å²) in [7, 11) is 0. The van der Waals surface area contributed by atoms with E-state index in [9.17, 15) is 9.90 Å². The Balaban J connectivity index is 1.81. The van der Waals surface area contributed by atoms with E-state index < -0.39 is 0 Å². The van der Waals surface area contributed by atoms with Gasteiger partial charge < -0.3 is 10.0 Å². The number of hydrogen-bond donors (Lipinski definition) is 1. The number of aliphatic hydroxyl groups is 1. The summed E-state index contributed by atoms with van der Waals surface area (Å²) in [5.41, 5.74) is 4.59. The van der Waals surface area contributed by atoms with E-state index in [-0.39, 0.29) is 17.7 Å². The molecule has 1 atom stereocenters. The zero-order chi connectivity index (χ0) is 18.8. The number of nitrogens with zero attached hydrogens (tertiary/aromatic N) is 2. The van der Waals surface area contributed by atoms with Gasteiger partial charge in [-0.2, -0.15) is 0 Å². The second kappa shape index (κ2) is 7.08. The average molecular weight is 356 g/mol. The van der Waals surface area contributed by atoms with Gasteiger partial charge in [-0.3, -0.25) is 9.78 Å². The van der Waals surface area contributed by atoms with E-state index in [2.05, 4.69) is 4.98 Å². The number of aryl methyl sites for hydroxylation is 1. The molecule has 0 saturated heterocycles. The molecule has 1 aliphatic rings. The minimum Gasteiger partial charge on any atom is -0.503 e. The lowest BCUT2D eigenvalue weighted by Gasteiger charge is -2.27. The lowest BCUT2D eigenvalue weighted by Crippen LogP contribution is -2.29. The zero-order valence-electron chi connectivity index (χ0n) is 15.0. The number of carbonyl (C=O) groups excluding carboxylic acids is 1. The first-order valence-corrected chi connectivity index (χ1v) is 8.90. The quantitative estimate of drug-likeness (QED) is 0.752. The monoisotopic (exact) mass is 356 g/mol. The smallest absolute Gasteiger partial charge is 0.290 e. The Morgan fingerprint density at radius 3 is 2.30 bits per heavy atom. The van der Waals surface area contributed by atoms with Crippen molar-refractivity contribution in [3.05, 3.63) is 107 Å². The van der Waals surface area contributed by atoms with Crippen LogP contribution < -0.4 is 0 Å². The SMILES string of the molecule is Cc1ccc(C2=C(O)C(=O)N(Cc3ccncc3)[C@@H]2c2ccccc2)cc1. The van der Waals surface area contributed by atoms with Crippen LogP contribution in [0.25, 0.3) is 5.57 Å². The van der Waals surface area contributed by atoms with Gasteiger partial charge >= 0.3 is 0 Å². The molecule has 2 aromatic carbocycles. The van der Waals surface area contributed by atoms with Crippen LogP contribution in [0.4, 0.5) is 0 Å². The summed E-state index contributed by atoms with van der Waals surface area (Å²) in [6.07, 6.45) is 3.42. The number of benzene rings is 2. The number of pyridine rings is 1. The van der Waals surface area contributed by atoms with Crippen molar-refractivity contribution in [2.45, 2.75) is 19.5 Å². The van der Waals surface area contributed by atoms with Gasteiger partial charge in [-0.15, -0.1) is 0 Å². The molecule has 2 heterocycles. The van der Waals surface area contributed by atoms with Crippen LogP contribution in [0, 0.1) is 6.92 Å². The van der Waals surface area contributed by atoms with Crippen LogP contribution in [-0.2, 0) is 11.3 Å². The van der Waals surface area contributed by atoms with Crippen LogP contribution in [0.2, 0.25) is 0 Å². The van der Waals surface area contributed by atoms with Crippen molar-refractivity contribution in [1.82, 2.24) is 9.88 Å². The normalized spacial score (nSPS) is 16.9. The van der Waals surface area contributed by atoms with Gasteiger partial charge in [0.05, 0.1) is 6.04 Å². The molecule has 1 N–H and O–H groups in total. The van der Waals surface area contributed by atoms with Gasteiger partial charge in [-0.25, -0.2) is 0 Å². The van der Waals surface area contributed by atoms with Gasteiger partial charge in [-0.05, 0) is 35.7 Å². The minimum absolute atomic E-state index is 0.179. The lowest BCUT2D eigenvalue weighted by atomic mass is 9.93. The van der Waals surface area contributed by atoms with Gasteiger partial charge in [0.1, 0.15) is 0 Å². The highest BCUT2D eigenvalue weighted by Crippen LogP contribution is 2.43. The van der Waals surface area contributed by atoms with Crippen LogP contribution >= 0.6 is 0 Å². The Hall–Kier alpha value is -3.40. The highest BCUT2D eigenvalue weighted by atomic mass is 16.3. The molecule has 0 unspecified atom stereocenters. The standard InChI is InChI=1S/C23H20N2O2/c1-16-7-9-18(10-8-16)20-21(19-5-3-2-4-6-19)25(23(27)22(20)26)15-17-11-13-24-14-12-17/h2-14,21,26H,15H2,1H3/t21-/m1/s1.